The molecule has 0 fully saturated rings. The first-order valence-electron chi connectivity index (χ1n) is 5.54. The third-order valence-electron chi connectivity index (χ3n) is 2.45. The van der Waals surface area contributed by atoms with Gasteiger partial charge in [-0.2, -0.15) is 0 Å². The molecule has 0 saturated carbocycles. The van der Waals surface area contributed by atoms with Gasteiger partial charge in [0, 0.05) is 12.3 Å². The molecular weight excluding hydrogens is 214 g/mol. The average molecular weight is 229 g/mol. The highest BCUT2D eigenvalue weighted by molar-refractivity contribution is 5.31. The highest BCUT2D eigenvalue weighted by atomic mass is 16.5. The van der Waals surface area contributed by atoms with Crippen LogP contribution >= 0.6 is 0 Å². The number of aryl methyl sites for hydroxylation is 1. The minimum atomic E-state index is -0.504. The fourth-order valence-electron chi connectivity index (χ4n) is 1.50. The van der Waals surface area contributed by atoms with Crippen molar-refractivity contribution in [2.24, 2.45) is 0 Å². The second-order valence-electron chi connectivity index (χ2n) is 4.02. The normalized spacial score (nSPS) is 12.2. The summed E-state index contributed by atoms with van der Waals surface area (Å²) in [5.74, 6) is 1.29. The van der Waals surface area contributed by atoms with Crippen LogP contribution in [-0.4, -0.2) is 10.1 Å². The zero-order valence-electron chi connectivity index (χ0n) is 9.92. The third-order valence-corrected chi connectivity index (χ3v) is 2.45. The number of hydrogen-bond donors (Lipinski definition) is 1. The number of benzene rings is 1. The molecule has 2 rings (SSSR count). The molecule has 0 aliphatic rings. The second-order valence-corrected chi connectivity index (χ2v) is 4.02. The molecule has 0 radical (unpaired) electrons. The third kappa shape index (κ3) is 3.04. The number of rotatable bonds is 3. The van der Waals surface area contributed by atoms with E-state index < -0.39 is 6.10 Å². The summed E-state index contributed by atoms with van der Waals surface area (Å²) in [5, 5.41) is 9.36. The molecule has 0 bridgehead atoms. The van der Waals surface area contributed by atoms with Crippen molar-refractivity contribution in [3.05, 3.63) is 53.7 Å². The number of hydrogen-bond acceptors (Lipinski definition) is 3. The van der Waals surface area contributed by atoms with Crippen LogP contribution in [0.15, 0.2) is 42.6 Å². The number of pyridine rings is 1. The van der Waals surface area contributed by atoms with Crippen molar-refractivity contribution < 1.29 is 9.84 Å². The van der Waals surface area contributed by atoms with Crippen molar-refractivity contribution in [3.63, 3.8) is 0 Å². The Morgan fingerprint density at radius 2 is 2.06 bits per heavy atom. The topological polar surface area (TPSA) is 42.4 Å². The molecule has 2 aromatic rings. The van der Waals surface area contributed by atoms with E-state index in [9.17, 15) is 5.11 Å². The van der Waals surface area contributed by atoms with Gasteiger partial charge in [-0.1, -0.05) is 12.1 Å². The SMILES string of the molecule is Cc1cccc(Oc2ccc([C@@H](C)O)cn2)c1. The fourth-order valence-corrected chi connectivity index (χ4v) is 1.50. The molecule has 1 N–H and O–H groups in total. The molecule has 1 heterocycles. The Hall–Kier alpha value is -1.87. The molecule has 88 valence electrons. The summed E-state index contributed by atoms with van der Waals surface area (Å²) in [5.41, 5.74) is 1.92. The molecule has 0 saturated heterocycles. The van der Waals surface area contributed by atoms with Gasteiger partial charge in [0.2, 0.25) is 5.88 Å². The van der Waals surface area contributed by atoms with Gasteiger partial charge in [-0.15, -0.1) is 0 Å². The molecular formula is C14H15NO2. The Morgan fingerprint density at radius 3 is 2.65 bits per heavy atom. The van der Waals surface area contributed by atoms with Crippen molar-refractivity contribution in [2.45, 2.75) is 20.0 Å². The molecule has 0 unspecified atom stereocenters. The monoisotopic (exact) mass is 229 g/mol. The molecule has 3 nitrogen and oxygen atoms in total. The van der Waals surface area contributed by atoms with Crippen LogP contribution in [0.3, 0.4) is 0 Å². The summed E-state index contributed by atoms with van der Waals surface area (Å²) in [6, 6.07) is 11.3. The molecule has 0 spiro atoms. The molecule has 1 atom stereocenters. The first-order valence-corrected chi connectivity index (χ1v) is 5.54. The van der Waals surface area contributed by atoms with E-state index in [1.807, 2.05) is 37.3 Å². The van der Waals surface area contributed by atoms with Crippen molar-refractivity contribution in [1.29, 1.82) is 0 Å². The zero-order chi connectivity index (χ0) is 12.3. The summed E-state index contributed by atoms with van der Waals surface area (Å²) >= 11 is 0. The smallest absolute Gasteiger partial charge is 0.219 e. The first-order chi connectivity index (χ1) is 8.15. The predicted molar refractivity (Wildman–Crippen MR) is 66.1 cm³/mol. The minimum absolute atomic E-state index is 0.504. The molecule has 1 aromatic heterocycles. The molecule has 0 aliphatic heterocycles. The van der Waals surface area contributed by atoms with E-state index >= 15 is 0 Å². The lowest BCUT2D eigenvalue weighted by Crippen LogP contribution is -1.93. The lowest BCUT2D eigenvalue weighted by Gasteiger charge is -2.07. The number of nitrogens with zero attached hydrogens (tertiary/aromatic N) is 1. The lowest BCUT2D eigenvalue weighted by atomic mass is 10.2. The summed E-state index contributed by atoms with van der Waals surface area (Å²) < 4.78 is 5.60. The van der Waals surface area contributed by atoms with Crippen LogP contribution in [0, 0.1) is 6.92 Å². The van der Waals surface area contributed by atoms with Gasteiger partial charge in [-0.25, -0.2) is 4.98 Å². The van der Waals surface area contributed by atoms with Crippen molar-refractivity contribution in [3.8, 4) is 11.6 Å². The van der Waals surface area contributed by atoms with E-state index in [0.29, 0.717) is 5.88 Å². The van der Waals surface area contributed by atoms with Crippen molar-refractivity contribution in [2.75, 3.05) is 0 Å². The predicted octanol–water partition coefficient (Wildman–Crippen LogP) is 3.24. The van der Waals surface area contributed by atoms with Gasteiger partial charge in [0.25, 0.3) is 0 Å². The van der Waals surface area contributed by atoms with Crippen LogP contribution in [0.5, 0.6) is 11.6 Å². The summed E-state index contributed by atoms with van der Waals surface area (Å²) in [7, 11) is 0. The quantitative estimate of drug-likeness (QED) is 0.878. The van der Waals surface area contributed by atoms with E-state index in [0.717, 1.165) is 16.9 Å². The highest BCUT2D eigenvalue weighted by Crippen LogP contribution is 2.21. The zero-order valence-corrected chi connectivity index (χ0v) is 9.92. The largest absolute Gasteiger partial charge is 0.439 e. The van der Waals surface area contributed by atoms with Gasteiger partial charge in [0.05, 0.1) is 6.10 Å². The summed E-state index contributed by atoms with van der Waals surface area (Å²) in [4.78, 5) is 4.14. The van der Waals surface area contributed by atoms with E-state index in [4.69, 9.17) is 4.74 Å². The van der Waals surface area contributed by atoms with Gasteiger partial charge in [-0.3, -0.25) is 0 Å². The summed E-state index contributed by atoms with van der Waals surface area (Å²) in [6.45, 7) is 3.72. The van der Waals surface area contributed by atoms with Crippen molar-refractivity contribution in [1.82, 2.24) is 4.98 Å². The van der Waals surface area contributed by atoms with E-state index in [-0.39, 0.29) is 0 Å². The van der Waals surface area contributed by atoms with Crippen molar-refractivity contribution >= 4 is 0 Å². The standard InChI is InChI=1S/C14H15NO2/c1-10-4-3-5-13(8-10)17-14-7-6-12(9-15-14)11(2)16/h3-9,11,16H,1-2H3/t11-/m1/s1. The first kappa shape index (κ1) is 11.6. The van der Waals surface area contributed by atoms with Crippen LogP contribution in [0.2, 0.25) is 0 Å². The number of aromatic nitrogens is 1. The van der Waals surface area contributed by atoms with Crippen LogP contribution in [0.4, 0.5) is 0 Å². The van der Waals surface area contributed by atoms with E-state index in [1.165, 1.54) is 0 Å². The van der Waals surface area contributed by atoms with Gasteiger partial charge >= 0.3 is 0 Å². The van der Waals surface area contributed by atoms with Gasteiger partial charge in [0.1, 0.15) is 5.75 Å². The Morgan fingerprint density at radius 1 is 1.24 bits per heavy atom. The highest BCUT2D eigenvalue weighted by Gasteiger charge is 2.02. The van der Waals surface area contributed by atoms with Crippen LogP contribution in [0.25, 0.3) is 0 Å². The molecule has 1 aromatic carbocycles. The maximum Gasteiger partial charge on any atom is 0.219 e. The van der Waals surface area contributed by atoms with Crippen LogP contribution < -0.4 is 4.74 Å². The maximum atomic E-state index is 9.36. The van der Waals surface area contributed by atoms with Gasteiger partial charge in [-0.05, 0) is 43.2 Å². The fraction of sp³-hybridized carbons (Fsp3) is 0.214. The molecule has 17 heavy (non-hydrogen) atoms. The second kappa shape index (κ2) is 4.97. The van der Waals surface area contributed by atoms with Crippen LogP contribution in [-0.2, 0) is 0 Å². The Bertz CT molecular complexity index is 492. The molecule has 0 aliphatic carbocycles. The number of aliphatic hydroxyl groups is 1. The van der Waals surface area contributed by atoms with Crippen LogP contribution in [0.1, 0.15) is 24.2 Å². The minimum Gasteiger partial charge on any atom is -0.439 e. The molecule has 0 amide bonds. The lowest BCUT2D eigenvalue weighted by molar-refractivity contribution is 0.198. The number of aliphatic hydroxyl groups excluding tert-OH is 1. The van der Waals surface area contributed by atoms with Gasteiger partial charge in [0.15, 0.2) is 0 Å². The Balaban J connectivity index is 2.14. The number of ether oxygens (including phenoxy) is 1. The summed E-state index contributed by atoms with van der Waals surface area (Å²) in [6.07, 6.45) is 1.12. The molecule has 3 heteroatoms. The van der Waals surface area contributed by atoms with E-state index in [2.05, 4.69) is 4.98 Å². The Kier molecular flexibility index (Phi) is 3.40. The Labute approximate surface area is 101 Å². The van der Waals surface area contributed by atoms with Gasteiger partial charge < -0.3 is 9.84 Å². The maximum absolute atomic E-state index is 9.36. The average Bonchev–Trinajstić information content (AvgIpc) is 2.29. The van der Waals surface area contributed by atoms with E-state index in [1.54, 1.807) is 19.2 Å².